The number of urea groups is 1. The number of piperidine rings is 1. The van der Waals surface area contributed by atoms with Crippen LogP contribution in [0.1, 0.15) is 51.3 Å². The van der Waals surface area contributed by atoms with Crippen molar-refractivity contribution < 1.29 is 4.79 Å². The summed E-state index contributed by atoms with van der Waals surface area (Å²) in [6.07, 6.45) is 3.71. The number of carbonyl (C=O) groups is 1. The topological polar surface area (TPSA) is 64.6 Å². The first-order valence-corrected chi connectivity index (χ1v) is 11.8. The Hall–Kier alpha value is -2.83. The van der Waals surface area contributed by atoms with Crippen LogP contribution in [0, 0.1) is 6.92 Å². The Morgan fingerprint density at radius 2 is 1.53 bits per heavy atom. The summed E-state index contributed by atoms with van der Waals surface area (Å²) in [5.74, 6) is 1.81. The zero-order valence-electron chi connectivity index (χ0n) is 19.9. The number of rotatable bonds is 3. The fourth-order valence-electron chi connectivity index (χ4n) is 4.33. The molecule has 1 aromatic heterocycles. The van der Waals surface area contributed by atoms with Crippen LogP contribution in [0.25, 0.3) is 0 Å². The van der Waals surface area contributed by atoms with Crippen LogP contribution < -0.4 is 15.1 Å². The molecule has 0 saturated carbocycles. The minimum atomic E-state index is -0.0407. The van der Waals surface area contributed by atoms with E-state index in [2.05, 4.69) is 59.1 Å². The van der Waals surface area contributed by atoms with Crippen LogP contribution in [0.4, 0.5) is 22.2 Å². The fourth-order valence-corrected chi connectivity index (χ4v) is 4.33. The number of hydrogen-bond donors (Lipinski definition) is 1. The molecule has 0 spiro atoms. The van der Waals surface area contributed by atoms with Gasteiger partial charge in [-0.1, -0.05) is 32.9 Å². The van der Waals surface area contributed by atoms with Crippen molar-refractivity contribution in [2.45, 2.75) is 52.4 Å². The second-order valence-electron chi connectivity index (χ2n) is 9.95. The monoisotopic (exact) mass is 436 g/mol. The summed E-state index contributed by atoms with van der Waals surface area (Å²) in [5, 5.41) is 3.04. The minimum absolute atomic E-state index is 0.0407. The van der Waals surface area contributed by atoms with Gasteiger partial charge in [-0.05, 0) is 49.3 Å². The number of nitrogens with one attached hydrogen (secondary N) is 1. The molecule has 2 aliphatic heterocycles. The first-order valence-electron chi connectivity index (χ1n) is 11.8. The Morgan fingerprint density at radius 3 is 2.16 bits per heavy atom. The van der Waals surface area contributed by atoms with E-state index in [-0.39, 0.29) is 11.4 Å². The molecule has 0 radical (unpaired) electrons. The Morgan fingerprint density at radius 1 is 0.875 bits per heavy atom. The van der Waals surface area contributed by atoms with Gasteiger partial charge in [0.25, 0.3) is 0 Å². The molecule has 1 N–H and O–H groups in total. The van der Waals surface area contributed by atoms with E-state index in [1.54, 1.807) is 0 Å². The average molecular weight is 437 g/mol. The molecule has 4 rings (SSSR count). The SMILES string of the molecule is Cc1cc(N2CCN(C(=O)Nc3ccc(C(C)(C)C)cc3)CC2)nc(N2CCCCC2)n1. The van der Waals surface area contributed by atoms with Gasteiger partial charge in [0, 0.05) is 56.7 Å². The second kappa shape index (κ2) is 9.35. The highest BCUT2D eigenvalue weighted by Gasteiger charge is 2.24. The summed E-state index contributed by atoms with van der Waals surface area (Å²) in [6.45, 7) is 13.6. The first kappa shape index (κ1) is 22.4. The van der Waals surface area contributed by atoms with Gasteiger partial charge in [-0.15, -0.1) is 0 Å². The maximum Gasteiger partial charge on any atom is 0.321 e. The summed E-state index contributed by atoms with van der Waals surface area (Å²) in [5.41, 5.74) is 3.19. The van der Waals surface area contributed by atoms with Crippen molar-refractivity contribution in [1.82, 2.24) is 14.9 Å². The molecule has 32 heavy (non-hydrogen) atoms. The van der Waals surface area contributed by atoms with Gasteiger partial charge in [0.1, 0.15) is 5.82 Å². The maximum absolute atomic E-state index is 12.8. The van der Waals surface area contributed by atoms with Crippen molar-refractivity contribution in [1.29, 1.82) is 0 Å². The molecule has 2 aromatic rings. The highest BCUT2D eigenvalue weighted by molar-refractivity contribution is 5.89. The molecule has 0 bridgehead atoms. The fraction of sp³-hybridized carbons (Fsp3) is 0.560. The molecule has 2 saturated heterocycles. The van der Waals surface area contributed by atoms with Crippen molar-refractivity contribution in [3.05, 3.63) is 41.6 Å². The van der Waals surface area contributed by atoms with E-state index in [9.17, 15) is 4.79 Å². The third-order valence-corrected chi connectivity index (χ3v) is 6.36. The van der Waals surface area contributed by atoms with Crippen molar-refractivity contribution in [2.75, 3.05) is 54.4 Å². The summed E-state index contributed by atoms with van der Waals surface area (Å²) >= 11 is 0. The molecule has 172 valence electrons. The molecular weight excluding hydrogens is 400 g/mol. The Balaban J connectivity index is 1.34. The number of aryl methyl sites for hydroxylation is 1. The number of carbonyl (C=O) groups excluding carboxylic acids is 1. The molecule has 2 amide bonds. The van der Waals surface area contributed by atoms with Crippen LogP contribution in [-0.2, 0) is 5.41 Å². The number of hydrogen-bond acceptors (Lipinski definition) is 5. The van der Waals surface area contributed by atoms with E-state index in [1.807, 2.05) is 24.0 Å². The Kier molecular flexibility index (Phi) is 6.53. The zero-order chi connectivity index (χ0) is 22.7. The molecule has 2 fully saturated rings. The molecule has 3 heterocycles. The lowest BCUT2D eigenvalue weighted by Gasteiger charge is -2.36. The molecular formula is C25H36N6O. The molecule has 0 aliphatic carbocycles. The first-order chi connectivity index (χ1) is 15.3. The summed E-state index contributed by atoms with van der Waals surface area (Å²) < 4.78 is 0. The van der Waals surface area contributed by atoms with E-state index in [0.717, 1.165) is 49.3 Å². The van der Waals surface area contributed by atoms with E-state index in [4.69, 9.17) is 4.98 Å². The van der Waals surface area contributed by atoms with Gasteiger partial charge >= 0.3 is 6.03 Å². The predicted molar refractivity (Wildman–Crippen MR) is 131 cm³/mol. The van der Waals surface area contributed by atoms with E-state index in [1.165, 1.54) is 24.8 Å². The molecule has 7 nitrogen and oxygen atoms in total. The van der Waals surface area contributed by atoms with E-state index in [0.29, 0.717) is 13.1 Å². The zero-order valence-corrected chi connectivity index (χ0v) is 19.9. The van der Waals surface area contributed by atoms with E-state index < -0.39 is 0 Å². The minimum Gasteiger partial charge on any atom is -0.353 e. The second-order valence-corrected chi connectivity index (χ2v) is 9.95. The molecule has 7 heteroatoms. The van der Waals surface area contributed by atoms with Crippen LogP contribution in [0.5, 0.6) is 0 Å². The number of piperazine rings is 1. The number of amides is 2. The number of benzene rings is 1. The van der Waals surface area contributed by atoms with Crippen LogP contribution in [-0.4, -0.2) is 60.2 Å². The summed E-state index contributed by atoms with van der Waals surface area (Å²) in [7, 11) is 0. The largest absolute Gasteiger partial charge is 0.353 e. The van der Waals surface area contributed by atoms with Crippen LogP contribution in [0.15, 0.2) is 30.3 Å². The normalized spacial score (nSPS) is 17.4. The van der Waals surface area contributed by atoms with Gasteiger partial charge in [-0.3, -0.25) is 0 Å². The summed E-state index contributed by atoms with van der Waals surface area (Å²) in [4.78, 5) is 28.8. The maximum atomic E-state index is 12.8. The highest BCUT2D eigenvalue weighted by Crippen LogP contribution is 2.24. The third kappa shape index (κ3) is 5.31. The predicted octanol–water partition coefficient (Wildman–Crippen LogP) is 4.43. The Bertz CT molecular complexity index is 922. The van der Waals surface area contributed by atoms with Crippen molar-refractivity contribution >= 4 is 23.5 Å². The number of aromatic nitrogens is 2. The van der Waals surface area contributed by atoms with Gasteiger partial charge in [-0.25, -0.2) is 9.78 Å². The van der Waals surface area contributed by atoms with Crippen molar-refractivity contribution in [3.8, 4) is 0 Å². The lowest BCUT2D eigenvalue weighted by atomic mass is 9.87. The van der Waals surface area contributed by atoms with Gasteiger partial charge < -0.3 is 20.0 Å². The van der Waals surface area contributed by atoms with Gasteiger partial charge in [0.2, 0.25) is 5.95 Å². The average Bonchev–Trinajstić information content (AvgIpc) is 2.79. The molecule has 2 aliphatic rings. The lowest BCUT2D eigenvalue weighted by Crippen LogP contribution is -2.50. The van der Waals surface area contributed by atoms with Crippen LogP contribution >= 0.6 is 0 Å². The van der Waals surface area contributed by atoms with Crippen molar-refractivity contribution in [3.63, 3.8) is 0 Å². The number of nitrogens with zero attached hydrogens (tertiary/aromatic N) is 5. The van der Waals surface area contributed by atoms with Gasteiger partial charge in [0.05, 0.1) is 0 Å². The highest BCUT2D eigenvalue weighted by atomic mass is 16.2. The molecule has 1 aromatic carbocycles. The van der Waals surface area contributed by atoms with E-state index >= 15 is 0 Å². The smallest absolute Gasteiger partial charge is 0.321 e. The quantitative estimate of drug-likeness (QED) is 0.771. The third-order valence-electron chi connectivity index (χ3n) is 6.36. The molecule has 0 atom stereocenters. The van der Waals surface area contributed by atoms with Gasteiger partial charge in [0.15, 0.2) is 0 Å². The van der Waals surface area contributed by atoms with Crippen LogP contribution in [0.3, 0.4) is 0 Å². The van der Waals surface area contributed by atoms with Crippen LogP contribution in [0.2, 0.25) is 0 Å². The summed E-state index contributed by atoms with van der Waals surface area (Å²) in [6, 6.07) is 10.2. The molecule has 0 unspecified atom stereocenters. The Labute approximate surface area is 191 Å². The standard InChI is InChI=1S/C25H36N6O/c1-19-18-22(28-23(26-19)30-12-6-5-7-13-30)29-14-16-31(17-15-29)24(32)27-21-10-8-20(9-11-21)25(2,3)4/h8-11,18H,5-7,12-17H2,1-4H3,(H,27,32). The number of anilines is 3. The van der Waals surface area contributed by atoms with Crippen molar-refractivity contribution in [2.24, 2.45) is 0 Å². The van der Waals surface area contributed by atoms with Gasteiger partial charge in [-0.2, -0.15) is 4.98 Å². The lowest BCUT2D eigenvalue weighted by molar-refractivity contribution is 0.208.